The van der Waals surface area contributed by atoms with E-state index in [-0.39, 0.29) is 0 Å². The van der Waals surface area contributed by atoms with E-state index in [9.17, 15) is 4.79 Å². The average molecular weight is 341 g/mol. The topological polar surface area (TPSA) is 36.4 Å². The Balaban J connectivity index is 1.24. The van der Waals surface area contributed by atoms with Gasteiger partial charge < -0.3 is 4.90 Å². The van der Waals surface area contributed by atoms with E-state index in [1.54, 1.807) is 0 Å². The second kappa shape index (κ2) is 7.86. The van der Waals surface area contributed by atoms with Crippen molar-refractivity contribution in [3.8, 4) is 0 Å². The predicted octanol–water partition coefficient (Wildman–Crippen LogP) is 3.33. The second-order valence-corrected chi connectivity index (χ2v) is 8.29. The fourth-order valence-corrected chi connectivity index (χ4v) is 5.14. The van der Waals surface area contributed by atoms with Crippen molar-refractivity contribution >= 4 is 5.91 Å². The van der Waals surface area contributed by atoms with E-state index in [1.165, 1.54) is 50.8 Å². The third-order valence-electron chi connectivity index (χ3n) is 6.67. The van der Waals surface area contributed by atoms with E-state index in [2.05, 4.69) is 20.9 Å². The maximum atomic E-state index is 12.6. The van der Waals surface area contributed by atoms with Gasteiger partial charge in [0.15, 0.2) is 0 Å². The molecular weight excluding hydrogens is 310 g/mol. The second-order valence-electron chi connectivity index (χ2n) is 8.29. The Morgan fingerprint density at radius 2 is 1.80 bits per heavy atom. The summed E-state index contributed by atoms with van der Waals surface area (Å²) < 4.78 is 0. The van der Waals surface area contributed by atoms with Crippen molar-refractivity contribution in [3.05, 3.63) is 30.1 Å². The standard InChI is InChI=1S/C21H31N3O/c25-21(19-5-1-2-6-19)24-13-9-20(16-24)18-7-11-23(12-8-18)15-17-4-3-10-22-14-17/h3-4,10,14,18-20H,1-2,5-9,11-13,15-16H2/t20-/m0/s1. The molecule has 3 fully saturated rings. The minimum Gasteiger partial charge on any atom is -0.342 e. The third-order valence-corrected chi connectivity index (χ3v) is 6.67. The first-order chi connectivity index (χ1) is 12.3. The Morgan fingerprint density at radius 3 is 2.52 bits per heavy atom. The highest BCUT2D eigenvalue weighted by Crippen LogP contribution is 2.34. The van der Waals surface area contributed by atoms with Gasteiger partial charge >= 0.3 is 0 Å². The van der Waals surface area contributed by atoms with Crippen LogP contribution in [0, 0.1) is 17.8 Å². The largest absolute Gasteiger partial charge is 0.342 e. The molecule has 0 unspecified atom stereocenters. The van der Waals surface area contributed by atoms with Gasteiger partial charge in [-0.25, -0.2) is 0 Å². The summed E-state index contributed by atoms with van der Waals surface area (Å²) in [6.45, 7) is 5.44. The molecule has 0 N–H and O–H groups in total. The molecule has 136 valence electrons. The summed E-state index contributed by atoms with van der Waals surface area (Å²) in [6.07, 6.45) is 12.4. The van der Waals surface area contributed by atoms with Gasteiger partial charge in [0.25, 0.3) is 0 Å². The first-order valence-corrected chi connectivity index (χ1v) is 10.2. The van der Waals surface area contributed by atoms with Crippen LogP contribution in [-0.2, 0) is 11.3 Å². The quantitative estimate of drug-likeness (QED) is 0.843. The molecule has 25 heavy (non-hydrogen) atoms. The molecule has 0 bridgehead atoms. The molecule has 3 heterocycles. The number of pyridine rings is 1. The van der Waals surface area contributed by atoms with Crippen LogP contribution in [0.5, 0.6) is 0 Å². The molecule has 2 aliphatic heterocycles. The summed E-state index contributed by atoms with van der Waals surface area (Å²) in [5.74, 6) is 2.37. The number of likely N-dealkylation sites (tertiary alicyclic amines) is 2. The number of amides is 1. The minimum atomic E-state index is 0.347. The summed E-state index contributed by atoms with van der Waals surface area (Å²) in [4.78, 5) is 21.6. The first kappa shape index (κ1) is 17.0. The monoisotopic (exact) mass is 341 g/mol. The van der Waals surface area contributed by atoms with Gasteiger partial charge in [-0.1, -0.05) is 18.9 Å². The van der Waals surface area contributed by atoms with E-state index in [4.69, 9.17) is 0 Å². The highest BCUT2D eigenvalue weighted by molar-refractivity contribution is 5.79. The number of rotatable bonds is 4. The lowest BCUT2D eigenvalue weighted by Crippen LogP contribution is -2.37. The molecule has 1 atom stereocenters. The zero-order valence-electron chi connectivity index (χ0n) is 15.3. The van der Waals surface area contributed by atoms with Gasteiger partial charge in [-0.05, 0) is 68.7 Å². The van der Waals surface area contributed by atoms with Crippen LogP contribution < -0.4 is 0 Å². The molecule has 2 saturated heterocycles. The molecule has 4 rings (SSSR count). The molecular formula is C21H31N3O. The van der Waals surface area contributed by atoms with Crippen LogP contribution in [0.3, 0.4) is 0 Å². The van der Waals surface area contributed by atoms with Gasteiger partial charge in [-0.3, -0.25) is 14.7 Å². The summed E-state index contributed by atoms with van der Waals surface area (Å²) in [5.41, 5.74) is 1.31. The fraction of sp³-hybridized carbons (Fsp3) is 0.714. The Labute approximate surface area is 151 Å². The van der Waals surface area contributed by atoms with Gasteiger partial charge in [-0.2, -0.15) is 0 Å². The summed E-state index contributed by atoms with van der Waals surface area (Å²) in [5, 5.41) is 0. The van der Waals surface area contributed by atoms with E-state index < -0.39 is 0 Å². The molecule has 1 aliphatic carbocycles. The minimum absolute atomic E-state index is 0.347. The summed E-state index contributed by atoms with van der Waals surface area (Å²) in [6, 6.07) is 4.19. The van der Waals surface area contributed by atoms with Crippen molar-refractivity contribution < 1.29 is 4.79 Å². The molecule has 0 aromatic carbocycles. The van der Waals surface area contributed by atoms with Gasteiger partial charge in [-0.15, -0.1) is 0 Å². The highest BCUT2D eigenvalue weighted by atomic mass is 16.2. The zero-order chi connectivity index (χ0) is 17.1. The Kier molecular flexibility index (Phi) is 5.35. The fourth-order valence-electron chi connectivity index (χ4n) is 5.14. The maximum absolute atomic E-state index is 12.6. The lowest BCUT2D eigenvalue weighted by molar-refractivity contribution is -0.134. The van der Waals surface area contributed by atoms with Crippen molar-refractivity contribution in [2.45, 2.75) is 51.5 Å². The Bertz CT molecular complexity index is 562. The highest BCUT2D eigenvalue weighted by Gasteiger charge is 2.36. The molecule has 1 aromatic rings. The molecule has 0 radical (unpaired) electrons. The number of carbonyl (C=O) groups is 1. The average Bonchev–Trinajstić information content (AvgIpc) is 3.35. The first-order valence-electron chi connectivity index (χ1n) is 10.2. The van der Waals surface area contributed by atoms with Gasteiger partial charge in [0.05, 0.1) is 0 Å². The van der Waals surface area contributed by atoms with Crippen LogP contribution in [0.25, 0.3) is 0 Å². The lowest BCUT2D eigenvalue weighted by atomic mass is 9.83. The third kappa shape index (κ3) is 4.05. The number of carbonyl (C=O) groups excluding carboxylic acids is 1. The summed E-state index contributed by atoms with van der Waals surface area (Å²) >= 11 is 0. The smallest absolute Gasteiger partial charge is 0.225 e. The summed E-state index contributed by atoms with van der Waals surface area (Å²) in [7, 11) is 0. The van der Waals surface area contributed by atoms with Gasteiger partial charge in [0.1, 0.15) is 0 Å². The molecule has 3 aliphatic rings. The van der Waals surface area contributed by atoms with E-state index >= 15 is 0 Å². The molecule has 1 aromatic heterocycles. The number of hydrogen-bond acceptors (Lipinski definition) is 3. The normalized spacial score (nSPS) is 26.4. The Morgan fingerprint density at radius 1 is 1.04 bits per heavy atom. The van der Waals surface area contributed by atoms with E-state index in [0.29, 0.717) is 11.8 Å². The van der Waals surface area contributed by atoms with E-state index in [1.807, 2.05) is 18.5 Å². The molecule has 1 amide bonds. The lowest BCUT2D eigenvalue weighted by Gasteiger charge is -2.35. The molecule has 0 spiro atoms. The SMILES string of the molecule is O=C(C1CCCC1)N1CC[C@H](C2CCN(Cc3cccnc3)CC2)C1. The number of nitrogens with zero attached hydrogens (tertiary/aromatic N) is 3. The van der Waals surface area contributed by atoms with Crippen LogP contribution in [0.1, 0.15) is 50.5 Å². The van der Waals surface area contributed by atoms with Gasteiger partial charge in [0, 0.05) is 37.9 Å². The predicted molar refractivity (Wildman–Crippen MR) is 98.9 cm³/mol. The zero-order valence-corrected chi connectivity index (χ0v) is 15.3. The van der Waals surface area contributed by atoms with Crippen molar-refractivity contribution in [1.82, 2.24) is 14.8 Å². The maximum Gasteiger partial charge on any atom is 0.225 e. The number of hydrogen-bond donors (Lipinski definition) is 0. The van der Waals surface area contributed by atoms with Crippen LogP contribution >= 0.6 is 0 Å². The van der Waals surface area contributed by atoms with Crippen LogP contribution in [0.2, 0.25) is 0 Å². The van der Waals surface area contributed by atoms with Crippen LogP contribution in [-0.4, -0.2) is 46.9 Å². The molecule has 1 saturated carbocycles. The van der Waals surface area contributed by atoms with Crippen molar-refractivity contribution in [3.63, 3.8) is 0 Å². The molecule has 4 heteroatoms. The van der Waals surface area contributed by atoms with Crippen LogP contribution in [0.15, 0.2) is 24.5 Å². The van der Waals surface area contributed by atoms with Gasteiger partial charge in [0.2, 0.25) is 5.91 Å². The van der Waals surface area contributed by atoms with Crippen molar-refractivity contribution in [2.75, 3.05) is 26.2 Å². The van der Waals surface area contributed by atoms with Crippen molar-refractivity contribution in [2.24, 2.45) is 17.8 Å². The number of aromatic nitrogens is 1. The van der Waals surface area contributed by atoms with E-state index in [0.717, 1.165) is 44.3 Å². The molecule has 4 nitrogen and oxygen atoms in total. The van der Waals surface area contributed by atoms with Crippen molar-refractivity contribution in [1.29, 1.82) is 0 Å². The Hall–Kier alpha value is -1.42. The number of piperidine rings is 1. The van der Waals surface area contributed by atoms with Crippen LogP contribution in [0.4, 0.5) is 0 Å².